The summed E-state index contributed by atoms with van der Waals surface area (Å²) < 4.78 is 25.0. The quantitative estimate of drug-likeness (QED) is 0.0950. The molecule has 41 heavy (non-hydrogen) atoms. The smallest absolute Gasteiger partial charge is 0.353 e. The van der Waals surface area contributed by atoms with Crippen LogP contribution in [0.5, 0.6) is 0 Å². The minimum atomic E-state index is -3.79. The Bertz CT molecular complexity index is 1020. The molecular formula is C30H54N5O4PS. The van der Waals surface area contributed by atoms with Crippen LogP contribution >= 0.6 is 19.4 Å². The van der Waals surface area contributed by atoms with Crippen molar-refractivity contribution < 1.29 is 18.7 Å². The van der Waals surface area contributed by atoms with E-state index in [9.17, 15) is 9.46 Å². The third-order valence-corrected chi connectivity index (χ3v) is 10.2. The predicted octanol–water partition coefficient (Wildman–Crippen LogP) is 7.97. The number of hydrogen-bond acceptors (Lipinski definition) is 8. The van der Waals surface area contributed by atoms with Gasteiger partial charge >= 0.3 is 7.60 Å². The lowest BCUT2D eigenvalue weighted by atomic mass is 9.85. The molecular weight excluding hydrogens is 557 g/mol. The Balaban J connectivity index is 1.07. The second kappa shape index (κ2) is 19.9. The molecule has 1 aliphatic carbocycles. The molecule has 1 aliphatic rings. The summed E-state index contributed by atoms with van der Waals surface area (Å²) in [6.07, 6.45) is 25.8. The van der Waals surface area contributed by atoms with Crippen molar-refractivity contribution in [2.75, 3.05) is 30.2 Å². The molecule has 2 atom stereocenters. The van der Waals surface area contributed by atoms with E-state index in [0.29, 0.717) is 23.5 Å². The third kappa shape index (κ3) is 14.2. The van der Waals surface area contributed by atoms with Crippen LogP contribution in [0.4, 0.5) is 5.82 Å². The number of nitrogens with two attached hydrogens (primary N) is 1. The fourth-order valence-corrected chi connectivity index (χ4v) is 7.48. The van der Waals surface area contributed by atoms with Crippen molar-refractivity contribution in [1.82, 2.24) is 19.5 Å². The first kappa shape index (κ1) is 34.3. The van der Waals surface area contributed by atoms with Gasteiger partial charge in [-0.1, -0.05) is 96.3 Å². The molecule has 0 spiro atoms. The Kier molecular flexibility index (Phi) is 16.6. The number of nitrogen functional groups attached to an aromatic ring is 1. The Morgan fingerprint density at radius 3 is 2.37 bits per heavy atom. The van der Waals surface area contributed by atoms with E-state index in [0.717, 1.165) is 23.8 Å². The average molecular weight is 612 g/mol. The van der Waals surface area contributed by atoms with E-state index in [4.69, 9.17) is 15.0 Å². The van der Waals surface area contributed by atoms with E-state index >= 15 is 0 Å². The standard InChI is InChI=1S/C30H54N5O4PS/c1-26(22-35-24-34-28-29(31)32-23-33-30(28)35)38-25-40(36,37)39-19-15-21-41-20-14-9-7-5-3-2-4-6-8-11-16-27-17-12-10-13-18-27/h23-24,26-27H,2-22,25H2,1H3,(H,36,37)(H2,31,32,33)/t26-/m1/s1. The van der Waals surface area contributed by atoms with E-state index < -0.39 is 7.60 Å². The van der Waals surface area contributed by atoms with Gasteiger partial charge in [0, 0.05) is 0 Å². The Morgan fingerprint density at radius 1 is 0.976 bits per heavy atom. The molecule has 0 saturated heterocycles. The van der Waals surface area contributed by atoms with Crippen LogP contribution in [0.1, 0.15) is 116 Å². The molecule has 1 saturated carbocycles. The van der Waals surface area contributed by atoms with Crippen LogP contribution in [0.25, 0.3) is 11.2 Å². The molecule has 0 radical (unpaired) electrons. The highest BCUT2D eigenvalue weighted by Crippen LogP contribution is 2.42. The van der Waals surface area contributed by atoms with Gasteiger partial charge in [-0.3, -0.25) is 4.57 Å². The van der Waals surface area contributed by atoms with Crippen molar-refractivity contribution in [3.8, 4) is 0 Å². The highest BCUT2D eigenvalue weighted by Gasteiger charge is 2.21. The molecule has 1 fully saturated rings. The summed E-state index contributed by atoms with van der Waals surface area (Å²) in [6.45, 7) is 2.51. The summed E-state index contributed by atoms with van der Waals surface area (Å²) in [4.78, 5) is 22.5. The van der Waals surface area contributed by atoms with Crippen LogP contribution in [-0.4, -0.2) is 55.0 Å². The zero-order chi connectivity index (χ0) is 29.2. The van der Waals surface area contributed by atoms with Gasteiger partial charge in [0.15, 0.2) is 11.5 Å². The largest absolute Gasteiger partial charge is 0.382 e. The minimum Gasteiger partial charge on any atom is -0.382 e. The van der Waals surface area contributed by atoms with Gasteiger partial charge < -0.3 is 24.5 Å². The molecule has 1 unspecified atom stereocenters. The molecule has 3 N–H and O–H groups in total. The number of aromatic nitrogens is 4. The summed E-state index contributed by atoms with van der Waals surface area (Å²) in [5.74, 6) is 3.46. The number of ether oxygens (including phenoxy) is 1. The minimum absolute atomic E-state index is 0.265. The highest BCUT2D eigenvalue weighted by atomic mass is 32.2. The normalized spacial score (nSPS) is 16.7. The number of fused-ring (bicyclic) bond motifs is 1. The second-order valence-corrected chi connectivity index (χ2v) is 14.7. The summed E-state index contributed by atoms with van der Waals surface area (Å²) in [5.41, 5.74) is 6.96. The molecule has 0 aliphatic heterocycles. The second-order valence-electron chi connectivity index (χ2n) is 11.7. The molecule has 9 nitrogen and oxygen atoms in total. The first-order valence-corrected chi connectivity index (χ1v) is 18.9. The predicted molar refractivity (Wildman–Crippen MR) is 170 cm³/mol. The molecule has 0 amide bonds. The van der Waals surface area contributed by atoms with Crippen molar-refractivity contribution in [3.63, 3.8) is 0 Å². The van der Waals surface area contributed by atoms with Crippen LogP contribution in [0, 0.1) is 5.92 Å². The fourth-order valence-electron chi connectivity index (χ4n) is 5.62. The van der Waals surface area contributed by atoms with E-state index in [-0.39, 0.29) is 19.1 Å². The number of imidazole rings is 1. The van der Waals surface area contributed by atoms with Crippen molar-refractivity contribution in [3.05, 3.63) is 12.7 Å². The van der Waals surface area contributed by atoms with Gasteiger partial charge in [-0.2, -0.15) is 11.8 Å². The van der Waals surface area contributed by atoms with Crippen LogP contribution in [0.15, 0.2) is 12.7 Å². The maximum absolute atomic E-state index is 12.3. The number of unbranched alkanes of at least 4 members (excludes halogenated alkanes) is 9. The molecule has 2 aromatic heterocycles. The maximum atomic E-state index is 12.3. The van der Waals surface area contributed by atoms with Gasteiger partial charge in [0.1, 0.15) is 18.2 Å². The van der Waals surface area contributed by atoms with Gasteiger partial charge in [-0.25, -0.2) is 15.0 Å². The number of rotatable bonds is 23. The van der Waals surface area contributed by atoms with Crippen molar-refractivity contribution in [1.29, 1.82) is 0 Å². The van der Waals surface area contributed by atoms with Crippen LogP contribution in [0.2, 0.25) is 0 Å². The molecule has 2 aromatic rings. The average Bonchev–Trinajstić information content (AvgIpc) is 3.38. The third-order valence-electron chi connectivity index (χ3n) is 8.01. The van der Waals surface area contributed by atoms with Gasteiger partial charge in [-0.05, 0) is 37.2 Å². The Hall–Kier alpha value is -1.19. The van der Waals surface area contributed by atoms with E-state index in [1.54, 1.807) is 10.9 Å². The molecule has 3 rings (SSSR count). The molecule has 2 heterocycles. The van der Waals surface area contributed by atoms with Crippen LogP contribution < -0.4 is 5.73 Å². The van der Waals surface area contributed by atoms with E-state index in [1.165, 1.54) is 109 Å². The van der Waals surface area contributed by atoms with Crippen LogP contribution in [0.3, 0.4) is 0 Å². The van der Waals surface area contributed by atoms with Crippen molar-refractivity contribution >= 4 is 36.3 Å². The number of thioether (sulfide) groups is 1. The Labute approximate surface area is 251 Å². The summed E-state index contributed by atoms with van der Waals surface area (Å²) in [7, 11) is -3.79. The van der Waals surface area contributed by atoms with Gasteiger partial charge in [-0.15, -0.1) is 0 Å². The van der Waals surface area contributed by atoms with E-state index in [2.05, 4.69) is 15.0 Å². The van der Waals surface area contributed by atoms with Crippen LogP contribution in [-0.2, 0) is 20.4 Å². The summed E-state index contributed by atoms with van der Waals surface area (Å²) >= 11 is 1.91. The molecule has 0 bridgehead atoms. The fraction of sp³-hybridized carbons (Fsp3) is 0.833. The molecule has 234 valence electrons. The molecule has 0 aromatic carbocycles. The lowest BCUT2D eigenvalue weighted by Crippen LogP contribution is -2.17. The summed E-state index contributed by atoms with van der Waals surface area (Å²) in [5, 5.41) is 0. The van der Waals surface area contributed by atoms with Gasteiger partial charge in [0.05, 0.1) is 25.6 Å². The van der Waals surface area contributed by atoms with Crippen molar-refractivity contribution in [2.45, 2.75) is 129 Å². The topological polar surface area (TPSA) is 125 Å². The number of anilines is 1. The first-order chi connectivity index (χ1) is 19.9. The lowest BCUT2D eigenvalue weighted by Gasteiger charge is -2.21. The summed E-state index contributed by atoms with van der Waals surface area (Å²) in [6, 6.07) is 0. The number of nitrogens with zero attached hydrogens (tertiary/aromatic N) is 4. The monoisotopic (exact) mass is 611 g/mol. The maximum Gasteiger partial charge on any atom is 0.353 e. The SMILES string of the molecule is C[C@H](Cn1cnc2c(N)ncnc21)OCP(=O)(O)OCCCSCCCCCCCCCCCCC1CCCCC1. The van der Waals surface area contributed by atoms with E-state index in [1.807, 2.05) is 18.7 Å². The van der Waals surface area contributed by atoms with Gasteiger partial charge in [0.25, 0.3) is 0 Å². The van der Waals surface area contributed by atoms with Crippen molar-refractivity contribution in [2.24, 2.45) is 5.92 Å². The number of hydrogen-bond donors (Lipinski definition) is 2. The zero-order valence-corrected chi connectivity index (χ0v) is 27.0. The first-order valence-electron chi connectivity index (χ1n) is 16.0. The van der Waals surface area contributed by atoms with Gasteiger partial charge in [0.2, 0.25) is 0 Å². The lowest BCUT2D eigenvalue weighted by molar-refractivity contribution is 0.0718. The Morgan fingerprint density at radius 2 is 1.63 bits per heavy atom. The highest BCUT2D eigenvalue weighted by molar-refractivity contribution is 7.99. The zero-order valence-electron chi connectivity index (χ0n) is 25.3. The molecule has 11 heteroatoms.